The highest BCUT2D eigenvalue weighted by Crippen LogP contribution is 2.33. The summed E-state index contributed by atoms with van der Waals surface area (Å²) in [6, 6.07) is 16.2. The van der Waals surface area contributed by atoms with E-state index < -0.39 is 0 Å². The van der Waals surface area contributed by atoms with Gasteiger partial charge in [0.1, 0.15) is 11.5 Å². The van der Waals surface area contributed by atoms with Gasteiger partial charge in [0.05, 0.1) is 25.8 Å². The van der Waals surface area contributed by atoms with Crippen LogP contribution in [0.5, 0.6) is 11.5 Å². The molecule has 0 bridgehead atoms. The Morgan fingerprint density at radius 3 is 2.62 bits per heavy atom. The molecule has 3 rings (SSSR count). The number of aliphatic imine (C=N–C) groups is 1. The van der Waals surface area contributed by atoms with Crippen LogP contribution in [0.2, 0.25) is 0 Å². The fraction of sp³-hybridized carbons (Fsp3) is 0.316. The zero-order chi connectivity index (χ0) is 16.9. The van der Waals surface area contributed by atoms with Gasteiger partial charge in [-0.05, 0) is 48.7 Å². The minimum absolute atomic E-state index is 0.0120. The van der Waals surface area contributed by atoms with Gasteiger partial charge in [-0.2, -0.15) is 0 Å². The van der Waals surface area contributed by atoms with Crippen molar-refractivity contribution < 1.29 is 9.47 Å². The molecule has 2 unspecified atom stereocenters. The van der Waals surface area contributed by atoms with E-state index in [0.29, 0.717) is 12.6 Å². The van der Waals surface area contributed by atoms with Crippen molar-refractivity contribution in [3.8, 4) is 11.5 Å². The van der Waals surface area contributed by atoms with Crippen molar-refractivity contribution >= 4 is 5.96 Å². The molecule has 0 aliphatic carbocycles. The van der Waals surface area contributed by atoms with Crippen molar-refractivity contribution in [2.45, 2.75) is 25.4 Å². The van der Waals surface area contributed by atoms with E-state index in [9.17, 15) is 0 Å². The van der Waals surface area contributed by atoms with Gasteiger partial charge in [0.2, 0.25) is 0 Å². The van der Waals surface area contributed by atoms with Gasteiger partial charge in [0.15, 0.2) is 5.96 Å². The SMILES string of the molecule is CCOc1ccc(C2CC(c3cccc(OC)c3)N=C(N)N2)cc1. The lowest BCUT2D eigenvalue weighted by Crippen LogP contribution is -2.39. The first-order valence-electron chi connectivity index (χ1n) is 8.16. The maximum atomic E-state index is 6.02. The van der Waals surface area contributed by atoms with Gasteiger partial charge in [-0.3, -0.25) is 0 Å². The topological polar surface area (TPSA) is 68.9 Å². The van der Waals surface area contributed by atoms with Crippen LogP contribution in [0.1, 0.15) is 36.6 Å². The molecule has 2 aromatic carbocycles. The second kappa shape index (κ2) is 7.25. The van der Waals surface area contributed by atoms with E-state index in [1.807, 2.05) is 37.3 Å². The normalized spacial score (nSPS) is 20.0. The van der Waals surface area contributed by atoms with Crippen LogP contribution in [0.3, 0.4) is 0 Å². The predicted molar refractivity (Wildman–Crippen MR) is 95.5 cm³/mol. The summed E-state index contributed by atoms with van der Waals surface area (Å²) >= 11 is 0. The quantitative estimate of drug-likeness (QED) is 0.886. The lowest BCUT2D eigenvalue weighted by atomic mass is 9.94. The van der Waals surface area contributed by atoms with Crippen LogP contribution in [-0.2, 0) is 0 Å². The number of guanidine groups is 1. The van der Waals surface area contributed by atoms with Crippen LogP contribution in [0, 0.1) is 0 Å². The van der Waals surface area contributed by atoms with E-state index >= 15 is 0 Å². The number of rotatable bonds is 5. The Morgan fingerprint density at radius 1 is 1.12 bits per heavy atom. The maximum absolute atomic E-state index is 6.02. The lowest BCUT2D eigenvalue weighted by Gasteiger charge is -2.29. The molecule has 0 saturated carbocycles. The minimum atomic E-state index is 0.0120. The number of ether oxygens (including phenoxy) is 2. The summed E-state index contributed by atoms with van der Waals surface area (Å²) in [4.78, 5) is 4.55. The molecule has 0 radical (unpaired) electrons. The van der Waals surface area contributed by atoms with Crippen LogP contribution in [0.4, 0.5) is 0 Å². The fourth-order valence-electron chi connectivity index (χ4n) is 2.96. The number of hydrogen-bond donors (Lipinski definition) is 2. The number of nitrogens with two attached hydrogens (primary N) is 1. The number of methoxy groups -OCH3 is 1. The molecule has 1 heterocycles. The monoisotopic (exact) mass is 325 g/mol. The summed E-state index contributed by atoms with van der Waals surface area (Å²) in [5, 5.41) is 3.27. The Morgan fingerprint density at radius 2 is 1.92 bits per heavy atom. The summed E-state index contributed by atoms with van der Waals surface area (Å²) < 4.78 is 10.8. The smallest absolute Gasteiger partial charge is 0.189 e. The minimum Gasteiger partial charge on any atom is -0.497 e. The van der Waals surface area contributed by atoms with Crippen molar-refractivity contribution in [3.05, 3.63) is 59.7 Å². The number of benzene rings is 2. The Balaban J connectivity index is 1.80. The van der Waals surface area contributed by atoms with E-state index in [2.05, 4.69) is 28.5 Å². The molecular weight excluding hydrogens is 302 g/mol. The van der Waals surface area contributed by atoms with Gasteiger partial charge < -0.3 is 20.5 Å². The molecule has 24 heavy (non-hydrogen) atoms. The highest BCUT2D eigenvalue weighted by atomic mass is 16.5. The Kier molecular flexibility index (Phi) is 4.89. The van der Waals surface area contributed by atoms with Gasteiger partial charge in [0, 0.05) is 0 Å². The summed E-state index contributed by atoms with van der Waals surface area (Å²) in [5.41, 5.74) is 8.30. The van der Waals surface area contributed by atoms with E-state index in [1.165, 1.54) is 5.56 Å². The molecule has 0 aromatic heterocycles. The summed E-state index contributed by atoms with van der Waals surface area (Å²) in [5.74, 6) is 2.17. The third-order valence-electron chi connectivity index (χ3n) is 4.15. The number of nitrogens with zero attached hydrogens (tertiary/aromatic N) is 1. The third kappa shape index (κ3) is 3.62. The summed E-state index contributed by atoms with van der Waals surface area (Å²) in [7, 11) is 1.67. The van der Waals surface area contributed by atoms with Crippen LogP contribution < -0.4 is 20.5 Å². The zero-order valence-electron chi connectivity index (χ0n) is 14.0. The summed E-state index contributed by atoms with van der Waals surface area (Å²) in [6.45, 7) is 2.64. The van der Waals surface area contributed by atoms with Gasteiger partial charge in [-0.25, -0.2) is 4.99 Å². The standard InChI is InChI=1S/C19H23N3O2/c1-3-24-15-9-7-13(8-10-15)17-12-18(22-19(20)21-17)14-5-4-6-16(11-14)23-2/h4-11,17-18H,3,12H2,1-2H3,(H3,20,21,22). The first-order chi connectivity index (χ1) is 11.7. The zero-order valence-corrected chi connectivity index (χ0v) is 14.0. The van der Waals surface area contributed by atoms with Gasteiger partial charge in [0.25, 0.3) is 0 Å². The van der Waals surface area contributed by atoms with Crippen LogP contribution >= 0.6 is 0 Å². The highest BCUT2D eigenvalue weighted by Gasteiger charge is 2.24. The predicted octanol–water partition coefficient (Wildman–Crippen LogP) is 3.18. The average molecular weight is 325 g/mol. The van der Waals surface area contributed by atoms with Crippen LogP contribution in [0.25, 0.3) is 0 Å². The molecular formula is C19H23N3O2. The molecule has 0 fully saturated rings. The van der Waals surface area contributed by atoms with Gasteiger partial charge in [-0.1, -0.05) is 24.3 Å². The maximum Gasteiger partial charge on any atom is 0.189 e. The molecule has 0 spiro atoms. The molecule has 0 amide bonds. The third-order valence-corrected chi connectivity index (χ3v) is 4.15. The molecule has 1 aliphatic heterocycles. The van der Waals surface area contributed by atoms with Crippen molar-refractivity contribution in [3.63, 3.8) is 0 Å². The molecule has 2 atom stereocenters. The largest absolute Gasteiger partial charge is 0.497 e. The van der Waals surface area contributed by atoms with Gasteiger partial charge >= 0.3 is 0 Å². The fourth-order valence-corrected chi connectivity index (χ4v) is 2.96. The Bertz CT molecular complexity index is 713. The second-order valence-electron chi connectivity index (χ2n) is 5.74. The van der Waals surface area contributed by atoms with Crippen LogP contribution in [0.15, 0.2) is 53.5 Å². The van der Waals surface area contributed by atoms with E-state index in [4.69, 9.17) is 15.2 Å². The Hall–Kier alpha value is -2.69. The number of hydrogen-bond acceptors (Lipinski definition) is 5. The highest BCUT2D eigenvalue weighted by molar-refractivity contribution is 5.79. The molecule has 0 saturated heterocycles. The van der Waals surface area contributed by atoms with Crippen molar-refractivity contribution in [2.75, 3.05) is 13.7 Å². The Labute approximate surface area is 142 Å². The second-order valence-corrected chi connectivity index (χ2v) is 5.74. The molecule has 5 heteroatoms. The van der Waals surface area contributed by atoms with E-state index in [0.717, 1.165) is 23.5 Å². The molecule has 5 nitrogen and oxygen atoms in total. The van der Waals surface area contributed by atoms with Crippen molar-refractivity contribution in [1.82, 2.24) is 5.32 Å². The average Bonchev–Trinajstić information content (AvgIpc) is 2.62. The van der Waals surface area contributed by atoms with Crippen molar-refractivity contribution in [1.29, 1.82) is 0 Å². The van der Waals surface area contributed by atoms with Crippen molar-refractivity contribution in [2.24, 2.45) is 10.7 Å². The summed E-state index contributed by atoms with van der Waals surface area (Å²) in [6.07, 6.45) is 0.835. The van der Waals surface area contributed by atoms with Gasteiger partial charge in [-0.15, -0.1) is 0 Å². The molecule has 126 valence electrons. The first-order valence-corrected chi connectivity index (χ1v) is 8.16. The molecule has 1 aliphatic rings. The van der Waals surface area contributed by atoms with E-state index in [-0.39, 0.29) is 12.1 Å². The lowest BCUT2D eigenvalue weighted by molar-refractivity contribution is 0.340. The first kappa shape index (κ1) is 16.2. The molecule has 3 N–H and O–H groups in total. The van der Waals surface area contributed by atoms with Crippen LogP contribution in [-0.4, -0.2) is 19.7 Å². The van der Waals surface area contributed by atoms with E-state index in [1.54, 1.807) is 7.11 Å². The molecule has 2 aromatic rings. The number of nitrogens with one attached hydrogen (secondary N) is 1.